The van der Waals surface area contributed by atoms with Crippen molar-refractivity contribution in [3.05, 3.63) is 48.4 Å². The number of nitrogens with one attached hydrogen (secondary N) is 2. The van der Waals surface area contributed by atoms with Crippen LogP contribution in [0.3, 0.4) is 0 Å². The maximum atomic E-state index is 11.8. The van der Waals surface area contributed by atoms with Gasteiger partial charge < -0.3 is 0 Å². The molecule has 10 heteroatoms. The number of carbonyl (C=O) groups is 1. The van der Waals surface area contributed by atoms with Crippen molar-refractivity contribution >= 4 is 40.2 Å². The quantitative estimate of drug-likeness (QED) is 0.502. The summed E-state index contributed by atoms with van der Waals surface area (Å²) in [7, 11) is 0. The van der Waals surface area contributed by atoms with E-state index in [-0.39, 0.29) is 5.56 Å². The summed E-state index contributed by atoms with van der Waals surface area (Å²) in [5, 5.41) is 14.8. The van der Waals surface area contributed by atoms with Gasteiger partial charge in [0.2, 0.25) is 0 Å². The zero-order valence-corrected chi connectivity index (χ0v) is 16.9. The number of nitrogens with two attached hydrogens (primary N) is 1. The van der Waals surface area contributed by atoms with E-state index in [2.05, 4.69) is 47.7 Å². The summed E-state index contributed by atoms with van der Waals surface area (Å²) in [4.78, 5) is 22.1. The van der Waals surface area contributed by atoms with Crippen molar-refractivity contribution < 1.29 is 4.79 Å². The van der Waals surface area contributed by atoms with Gasteiger partial charge in [0.25, 0.3) is 0 Å². The topological polar surface area (TPSA) is 124 Å². The SMILES string of the molecule is NC(=O)c1cnc(N[C@@H]2CCC[C@@H]2[As])nc1Nc1cccc(-n2nccn2)c1. The van der Waals surface area contributed by atoms with E-state index in [0.29, 0.717) is 22.5 Å². The zero-order chi connectivity index (χ0) is 19.5. The van der Waals surface area contributed by atoms with Crippen LogP contribution in [0, 0.1) is 0 Å². The van der Waals surface area contributed by atoms with Crippen LogP contribution in [0.4, 0.5) is 17.5 Å². The summed E-state index contributed by atoms with van der Waals surface area (Å²) in [5.74, 6) is 0.237. The molecule has 0 unspecified atom stereocenters. The fourth-order valence-corrected chi connectivity index (χ4v) is 4.05. The summed E-state index contributed by atoms with van der Waals surface area (Å²) in [6.07, 6.45) is 8.08. The van der Waals surface area contributed by atoms with Crippen molar-refractivity contribution in [2.45, 2.75) is 30.0 Å². The van der Waals surface area contributed by atoms with E-state index in [0.717, 1.165) is 24.2 Å². The third-order valence-electron chi connectivity index (χ3n) is 4.61. The first kappa shape index (κ1) is 18.4. The molecular weight excluding hydrogens is 419 g/mol. The van der Waals surface area contributed by atoms with E-state index >= 15 is 0 Å². The number of aromatic nitrogens is 5. The van der Waals surface area contributed by atoms with Crippen molar-refractivity contribution in [2.75, 3.05) is 10.6 Å². The van der Waals surface area contributed by atoms with E-state index in [4.69, 9.17) is 5.73 Å². The molecule has 142 valence electrons. The molecule has 0 aliphatic heterocycles. The third-order valence-corrected chi connectivity index (χ3v) is 5.90. The molecule has 3 aromatic rings. The van der Waals surface area contributed by atoms with Gasteiger partial charge in [-0.2, -0.15) is 0 Å². The molecule has 0 spiro atoms. The van der Waals surface area contributed by atoms with Gasteiger partial charge in [0, 0.05) is 0 Å². The van der Waals surface area contributed by atoms with E-state index in [9.17, 15) is 4.79 Å². The number of carbonyl (C=O) groups excluding carboxylic acids is 1. The second-order valence-electron chi connectivity index (χ2n) is 6.56. The van der Waals surface area contributed by atoms with Crippen LogP contribution >= 0.6 is 0 Å². The number of hydrogen-bond donors (Lipinski definition) is 3. The van der Waals surface area contributed by atoms with Crippen LogP contribution in [0.1, 0.15) is 29.6 Å². The first-order valence-electron chi connectivity index (χ1n) is 8.95. The molecule has 0 saturated heterocycles. The molecule has 28 heavy (non-hydrogen) atoms. The van der Waals surface area contributed by atoms with Gasteiger partial charge in [-0.15, -0.1) is 0 Å². The van der Waals surface area contributed by atoms with Crippen LogP contribution < -0.4 is 16.4 Å². The van der Waals surface area contributed by atoms with E-state index < -0.39 is 5.91 Å². The molecule has 4 rings (SSSR count). The molecule has 2 heterocycles. The molecule has 1 aromatic carbocycles. The molecule has 2 atom stereocenters. The Morgan fingerprint density at radius 2 is 2.07 bits per heavy atom. The van der Waals surface area contributed by atoms with Crippen molar-refractivity contribution in [1.29, 1.82) is 0 Å². The van der Waals surface area contributed by atoms with Crippen LogP contribution in [-0.2, 0) is 0 Å². The second-order valence-corrected chi connectivity index (χ2v) is 7.95. The Labute approximate surface area is 170 Å². The van der Waals surface area contributed by atoms with Gasteiger partial charge in [-0.05, 0) is 0 Å². The van der Waals surface area contributed by atoms with Crippen molar-refractivity contribution in [3.63, 3.8) is 0 Å². The molecule has 2 aromatic heterocycles. The molecule has 1 amide bonds. The molecule has 4 N–H and O–H groups in total. The molecule has 1 aliphatic rings. The van der Waals surface area contributed by atoms with Gasteiger partial charge in [-0.25, -0.2) is 0 Å². The van der Waals surface area contributed by atoms with Gasteiger partial charge in [0.05, 0.1) is 12.4 Å². The van der Waals surface area contributed by atoms with E-state index in [1.54, 1.807) is 12.4 Å². The molecule has 1 aliphatic carbocycles. The first-order valence-corrected chi connectivity index (χ1v) is 10.0. The summed E-state index contributed by atoms with van der Waals surface area (Å²) >= 11 is 2.70. The van der Waals surface area contributed by atoms with Crippen LogP contribution in [0.5, 0.6) is 0 Å². The van der Waals surface area contributed by atoms with Gasteiger partial charge in [0.1, 0.15) is 0 Å². The van der Waals surface area contributed by atoms with Gasteiger partial charge >= 0.3 is 158 Å². The standard InChI is InChI=1S/C18H19AsN8O/c19-14-5-2-6-15(14)25-18-21-10-13(16(20)28)17(26-18)24-11-3-1-4-12(9-11)27-22-7-8-23-27/h1,3-4,7-10,14-15H,2,5-6H2,(H2,20,28)(H2,21,24,25,26)/t14-,15+/m0/s1. The van der Waals surface area contributed by atoms with Gasteiger partial charge in [0.15, 0.2) is 0 Å². The molecule has 2 radical (unpaired) electrons. The predicted molar refractivity (Wildman–Crippen MR) is 106 cm³/mol. The van der Waals surface area contributed by atoms with Crippen molar-refractivity contribution in [1.82, 2.24) is 25.0 Å². The number of rotatable bonds is 6. The Kier molecular flexibility index (Phi) is 5.25. The Morgan fingerprint density at radius 3 is 2.79 bits per heavy atom. The monoisotopic (exact) mass is 438 g/mol. The number of benzene rings is 1. The number of nitrogens with zero attached hydrogens (tertiary/aromatic N) is 5. The summed E-state index contributed by atoms with van der Waals surface area (Å²) < 4.78 is 0.501. The number of anilines is 3. The first-order chi connectivity index (χ1) is 13.6. The summed E-state index contributed by atoms with van der Waals surface area (Å²) in [5.41, 5.74) is 7.24. The molecular formula is C18H19AsN8O. The zero-order valence-electron chi connectivity index (χ0n) is 15.0. The van der Waals surface area contributed by atoms with Crippen molar-refractivity contribution in [3.8, 4) is 5.69 Å². The Bertz CT molecular complexity index is 977. The van der Waals surface area contributed by atoms with Crippen molar-refractivity contribution in [2.24, 2.45) is 5.73 Å². The molecule has 0 bridgehead atoms. The van der Waals surface area contributed by atoms with Crippen LogP contribution in [0.25, 0.3) is 5.69 Å². The minimum absolute atomic E-state index is 0.225. The fourth-order valence-electron chi connectivity index (χ4n) is 3.20. The van der Waals surface area contributed by atoms with E-state index in [1.807, 2.05) is 24.3 Å². The normalized spacial score (nSPS) is 18.8. The second kappa shape index (κ2) is 7.98. The Balaban J connectivity index is 1.61. The third kappa shape index (κ3) is 3.99. The molecule has 1 saturated carbocycles. The average molecular weight is 438 g/mol. The summed E-state index contributed by atoms with van der Waals surface area (Å²) in [6.45, 7) is 0. The summed E-state index contributed by atoms with van der Waals surface area (Å²) in [6, 6.07) is 7.78. The van der Waals surface area contributed by atoms with Gasteiger partial charge in [-0.1, -0.05) is 0 Å². The maximum absolute atomic E-state index is 11.8. The van der Waals surface area contributed by atoms with E-state index in [1.165, 1.54) is 17.4 Å². The Hall–Kier alpha value is -2.93. The number of amides is 1. The van der Waals surface area contributed by atoms with Crippen LogP contribution in [-0.4, -0.2) is 53.8 Å². The average Bonchev–Trinajstić information content (AvgIpc) is 3.35. The molecule has 9 nitrogen and oxygen atoms in total. The minimum atomic E-state index is -0.593. The van der Waals surface area contributed by atoms with Gasteiger partial charge in [-0.3, -0.25) is 0 Å². The van der Waals surface area contributed by atoms with Crippen LogP contribution in [0.2, 0.25) is 4.71 Å². The molecule has 1 fully saturated rings. The number of hydrogen-bond acceptors (Lipinski definition) is 7. The predicted octanol–water partition coefficient (Wildman–Crippen LogP) is 1.82. The fraction of sp³-hybridized carbons (Fsp3) is 0.278. The number of primary amides is 1. The van der Waals surface area contributed by atoms with Crippen LogP contribution in [0.15, 0.2) is 42.9 Å². The Morgan fingerprint density at radius 1 is 1.25 bits per heavy atom.